The highest BCUT2D eigenvalue weighted by molar-refractivity contribution is 6.04. The maximum atomic E-state index is 12.6. The minimum atomic E-state index is -1.05. The van der Waals surface area contributed by atoms with Crippen molar-refractivity contribution in [3.63, 3.8) is 0 Å². The molecule has 8 heteroatoms. The van der Waals surface area contributed by atoms with Crippen molar-refractivity contribution in [3.8, 4) is 23.1 Å². The van der Waals surface area contributed by atoms with E-state index in [0.717, 1.165) is 16.2 Å². The van der Waals surface area contributed by atoms with Gasteiger partial charge in [0.1, 0.15) is 17.2 Å². The van der Waals surface area contributed by atoms with Crippen molar-refractivity contribution < 1.29 is 24.2 Å². The van der Waals surface area contributed by atoms with Gasteiger partial charge in [0.15, 0.2) is 0 Å². The quantitative estimate of drug-likeness (QED) is 0.327. The highest BCUT2D eigenvalue weighted by atomic mass is 16.5. The monoisotopic (exact) mass is 469 g/mol. The van der Waals surface area contributed by atoms with Crippen LogP contribution in [0.5, 0.6) is 23.1 Å². The molecule has 8 nitrogen and oxygen atoms in total. The molecule has 176 valence electrons. The van der Waals surface area contributed by atoms with Crippen LogP contribution in [0, 0.1) is 6.92 Å². The zero-order valence-corrected chi connectivity index (χ0v) is 19.1. The zero-order valence-electron chi connectivity index (χ0n) is 19.1. The van der Waals surface area contributed by atoms with Crippen LogP contribution in [-0.4, -0.2) is 29.1 Å². The molecule has 0 bridgehead atoms. The van der Waals surface area contributed by atoms with Gasteiger partial charge in [-0.15, -0.1) is 0 Å². The molecule has 3 aromatic carbocycles. The summed E-state index contributed by atoms with van der Waals surface area (Å²) >= 11 is 0. The molecule has 0 fully saturated rings. The van der Waals surface area contributed by atoms with Gasteiger partial charge in [-0.05, 0) is 73.2 Å². The number of carbonyl (C=O) groups excluding carboxylic acids is 1. The van der Waals surface area contributed by atoms with Crippen molar-refractivity contribution in [3.05, 3.63) is 102 Å². The maximum absolute atomic E-state index is 12.6. The van der Waals surface area contributed by atoms with Gasteiger partial charge < -0.3 is 19.9 Å². The van der Waals surface area contributed by atoms with Crippen LogP contribution in [-0.2, 0) is 0 Å². The first-order chi connectivity index (χ1) is 16.9. The van der Waals surface area contributed by atoms with E-state index in [-0.39, 0.29) is 5.91 Å². The Hall–Kier alpha value is -4.85. The SMILES string of the molecule is Cc1cc(N(C)C(=O)O)ccc1Oc1ccc(NC(=O)c2ccc(Oc3ccccc3)cc2)cn1. The van der Waals surface area contributed by atoms with Crippen LogP contribution in [0.4, 0.5) is 16.2 Å². The second-order valence-corrected chi connectivity index (χ2v) is 7.67. The lowest BCUT2D eigenvalue weighted by molar-refractivity contribution is 0.102. The van der Waals surface area contributed by atoms with Crippen LogP contribution in [0.15, 0.2) is 91.1 Å². The van der Waals surface area contributed by atoms with E-state index >= 15 is 0 Å². The summed E-state index contributed by atoms with van der Waals surface area (Å²) in [6, 6.07) is 24.6. The summed E-state index contributed by atoms with van der Waals surface area (Å²) in [5, 5.41) is 11.9. The fraction of sp³-hybridized carbons (Fsp3) is 0.0741. The van der Waals surface area contributed by atoms with Crippen molar-refractivity contribution >= 4 is 23.4 Å². The van der Waals surface area contributed by atoms with E-state index in [2.05, 4.69) is 10.3 Å². The smallest absolute Gasteiger partial charge is 0.411 e. The van der Waals surface area contributed by atoms with E-state index in [4.69, 9.17) is 14.6 Å². The van der Waals surface area contributed by atoms with Crippen molar-refractivity contribution in [2.45, 2.75) is 6.92 Å². The number of hydrogen-bond donors (Lipinski definition) is 2. The summed E-state index contributed by atoms with van der Waals surface area (Å²) in [5.41, 5.74) is 2.29. The number of aromatic nitrogens is 1. The molecule has 2 amide bonds. The molecule has 0 spiro atoms. The predicted octanol–water partition coefficient (Wildman–Crippen LogP) is 6.34. The molecule has 0 unspecified atom stereocenters. The fourth-order valence-electron chi connectivity index (χ4n) is 3.20. The van der Waals surface area contributed by atoms with Crippen LogP contribution in [0.25, 0.3) is 0 Å². The van der Waals surface area contributed by atoms with Gasteiger partial charge in [-0.1, -0.05) is 18.2 Å². The van der Waals surface area contributed by atoms with E-state index in [1.807, 2.05) is 37.3 Å². The summed E-state index contributed by atoms with van der Waals surface area (Å²) in [6.07, 6.45) is 0.455. The molecule has 0 aliphatic carbocycles. The number of aryl methyl sites for hydroxylation is 1. The third kappa shape index (κ3) is 5.94. The molecule has 0 aliphatic rings. The molecule has 35 heavy (non-hydrogen) atoms. The topological polar surface area (TPSA) is 101 Å². The summed E-state index contributed by atoms with van der Waals surface area (Å²) < 4.78 is 11.6. The number of amides is 2. The number of nitrogens with zero attached hydrogens (tertiary/aromatic N) is 2. The van der Waals surface area contributed by atoms with Crippen LogP contribution in [0.3, 0.4) is 0 Å². The first-order valence-electron chi connectivity index (χ1n) is 10.7. The van der Waals surface area contributed by atoms with Gasteiger partial charge in [-0.2, -0.15) is 0 Å². The first-order valence-corrected chi connectivity index (χ1v) is 10.7. The van der Waals surface area contributed by atoms with E-state index in [1.54, 1.807) is 54.6 Å². The van der Waals surface area contributed by atoms with Crippen LogP contribution >= 0.6 is 0 Å². The molecule has 4 rings (SSSR count). The number of rotatable bonds is 7. The number of pyridine rings is 1. The number of anilines is 2. The second-order valence-electron chi connectivity index (χ2n) is 7.67. The zero-order chi connectivity index (χ0) is 24.8. The van der Waals surface area contributed by atoms with Gasteiger partial charge in [0, 0.05) is 24.4 Å². The van der Waals surface area contributed by atoms with Crippen molar-refractivity contribution in [1.29, 1.82) is 0 Å². The van der Waals surface area contributed by atoms with Crippen LogP contribution in [0.2, 0.25) is 0 Å². The minimum absolute atomic E-state index is 0.277. The fourth-order valence-corrected chi connectivity index (χ4v) is 3.20. The van der Waals surface area contributed by atoms with Crippen LogP contribution < -0.4 is 19.7 Å². The highest BCUT2D eigenvalue weighted by Gasteiger charge is 2.12. The minimum Gasteiger partial charge on any atom is -0.465 e. The van der Waals surface area contributed by atoms with Gasteiger partial charge in [-0.25, -0.2) is 9.78 Å². The molecular weight excluding hydrogens is 446 g/mol. The van der Waals surface area contributed by atoms with Crippen molar-refractivity contribution in [2.24, 2.45) is 0 Å². The summed E-state index contributed by atoms with van der Waals surface area (Å²) in [4.78, 5) is 29.1. The molecule has 0 saturated heterocycles. The van der Waals surface area contributed by atoms with E-state index in [1.165, 1.54) is 13.2 Å². The Morgan fingerprint density at radius 3 is 2.23 bits per heavy atom. The lowest BCUT2D eigenvalue weighted by atomic mass is 10.2. The van der Waals surface area contributed by atoms with E-state index in [0.29, 0.717) is 34.3 Å². The Labute approximate surface area is 202 Å². The third-order valence-electron chi connectivity index (χ3n) is 5.14. The van der Waals surface area contributed by atoms with Gasteiger partial charge in [0.2, 0.25) is 5.88 Å². The molecule has 0 atom stereocenters. The standard InChI is InChI=1S/C27H23N3O5/c1-18-16-21(30(2)27(32)33)11-14-24(18)35-25-15-10-20(17-28-25)29-26(31)19-8-12-23(13-9-19)34-22-6-4-3-5-7-22/h3-17H,1-2H3,(H,29,31)(H,32,33). The lowest BCUT2D eigenvalue weighted by Crippen LogP contribution is -2.23. The summed E-state index contributed by atoms with van der Waals surface area (Å²) in [7, 11) is 1.47. The Bertz CT molecular complexity index is 1320. The number of hydrogen-bond acceptors (Lipinski definition) is 5. The molecule has 0 aliphatic heterocycles. The molecule has 2 N–H and O–H groups in total. The average Bonchev–Trinajstić information content (AvgIpc) is 2.87. The van der Waals surface area contributed by atoms with Crippen LogP contribution in [0.1, 0.15) is 15.9 Å². The molecule has 0 saturated carbocycles. The van der Waals surface area contributed by atoms with Gasteiger partial charge >= 0.3 is 6.09 Å². The van der Waals surface area contributed by atoms with Gasteiger partial charge in [0.25, 0.3) is 5.91 Å². The van der Waals surface area contributed by atoms with Crippen molar-refractivity contribution in [2.75, 3.05) is 17.3 Å². The number of para-hydroxylation sites is 1. The largest absolute Gasteiger partial charge is 0.465 e. The Morgan fingerprint density at radius 2 is 1.60 bits per heavy atom. The number of benzene rings is 3. The normalized spacial score (nSPS) is 10.3. The van der Waals surface area contributed by atoms with Crippen molar-refractivity contribution in [1.82, 2.24) is 4.98 Å². The number of carbonyl (C=O) groups is 2. The Kier molecular flexibility index (Phi) is 6.92. The highest BCUT2D eigenvalue weighted by Crippen LogP contribution is 2.28. The number of carboxylic acid groups (broad SMARTS) is 1. The summed E-state index contributed by atoms with van der Waals surface area (Å²) in [5.74, 6) is 1.97. The summed E-state index contributed by atoms with van der Waals surface area (Å²) in [6.45, 7) is 1.82. The predicted molar refractivity (Wildman–Crippen MR) is 133 cm³/mol. The molecule has 1 heterocycles. The van der Waals surface area contributed by atoms with E-state index < -0.39 is 6.09 Å². The Balaban J connectivity index is 1.36. The van der Waals surface area contributed by atoms with Gasteiger partial charge in [-0.3, -0.25) is 9.69 Å². The molecule has 4 aromatic rings. The first kappa shape index (κ1) is 23.3. The molecule has 0 radical (unpaired) electrons. The lowest BCUT2D eigenvalue weighted by Gasteiger charge is -2.15. The number of nitrogens with one attached hydrogen (secondary N) is 1. The molecular formula is C27H23N3O5. The molecule has 1 aromatic heterocycles. The maximum Gasteiger partial charge on any atom is 0.411 e. The van der Waals surface area contributed by atoms with Gasteiger partial charge in [0.05, 0.1) is 11.9 Å². The average molecular weight is 469 g/mol. The second kappa shape index (κ2) is 10.4. The third-order valence-corrected chi connectivity index (χ3v) is 5.14. The van der Waals surface area contributed by atoms with E-state index in [9.17, 15) is 9.59 Å². The number of ether oxygens (including phenoxy) is 2. The Morgan fingerprint density at radius 1 is 0.886 bits per heavy atom.